The van der Waals surface area contributed by atoms with Gasteiger partial charge in [0.15, 0.2) is 0 Å². The van der Waals surface area contributed by atoms with Crippen LogP contribution in [0.25, 0.3) is 0 Å². The Bertz CT molecular complexity index is 463. The van der Waals surface area contributed by atoms with Crippen LogP contribution in [0, 0.1) is 5.41 Å². The van der Waals surface area contributed by atoms with Gasteiger partial charge in [0.25, 0.3) is 0 Å². The average molecular weight is 280 g/mol. The summed E-state index contributed by atoms with van der Waals surface area (Å²) in [6.45, 7) is 6.56. The molecule has 1 aromatic rings. The van der Waals surface area contributed by atoms with Crippen molar-refractivity contribution in [2.24, 2.45) is 5.41 Å². The van der Waals surface area contributed by atoms with Crippen LogP contribution in [0.15, 0.2) is 6.20 Å². The molecular weight excluding hydrogens is 256 g/mol. The molecule has 1 unspecified atom stereocenters. The molecule has 1 heterocycles. The lowest BCUT2D eigenvalue weighted by Gasteiger charge is -2.26. The molecule has 0 bridgehead atoms. The number of nitrogens with zero attached hydrogens (tertiary/aromatic N) is 3. The van der Waals surface area contributed by atoms with Crippen LogP contribution in [0.1, 0.15) is 51.6 Å². The number of aliphatic hydroxyl groups excluding tert-OH is 1. The van der Waals surface area contributed by atoms with Crippen molar-refractivity contribution in [2.75, 3.05) is 6.54 Å². The van der Waals surface area contributed by atoms with Gasteiger partial charge in [-0.1, -0.05) is 19.1 Å². The molecular formula is C14H24N4O2. The van der Waals surface area contributed by atoms with Gasteiger partial charge in [-0.05, 0) is 31.6 Å². The number of hydrogen-bond donors (Lipinski definition) is 2. The van der Waals surface area contributed by atoms with Crippen molar-refractivity contribution in [1.29, 1.82) is 0 Å². The summed E-state index contributed by atoms with van der Waals surface area (Å²) >= 11 is 0. The van der Waals surface area contributed by atoms with Gasteiger partial charge in [-0.2, -0.15) is 0 Å². The van der Waals surface area contributed by atoms with Gasteiger partial charge in [-0.25, -0.2) is 4.68 Å². The smallest absolute Gasteiger partial charge is 0.241 e. The highest BCUT2D eigenvalue weighted by Gasteiger charge is 2.27. The van der Waals surface area contributed by atoms with Gasteiger partial charge in [-0.3, -0.25) is 4.79 Å². The molecule has 20 heavy (non-hydrogen) atoms. The fraction of sp³-hybridized carbons (Fsp3) is 0.786. The Morgan fingerprint density at radius 2 is 2.30 bits per heavy atom. The quantitative estimate of drug-likeness (QED) is 0.783. The summed E-state index contributed by atoms with van der Waals surface area (Å²) in [5, 5.41) is 20.4. The number of carbonyl (C=O) groups is 1. The highest BCUT2D eigenvalue weighted by atomic mass is 16.3. The van der Waals surface area contributed by atoms with Crippen molar-refractivity contribution in [3.63, 3.8) is 0 Å². The molecule has 0 aliphatic heterocycles. The fourth-order valence-corrected chi connectivity index (χ4v) is 2.37. The molecule has 1 aliphatic carbocycles. The van der Waals surface area contributed by atoms with Crippen LogP contribution >= 0.6 is 0 Å². The molecule has 0 aromatic carbocycles. The third kappa shape index (κ3) is 4.59. The molecule has 2 N–H and O–H groups in total. The van der Waals surface area contributed by atoms with Crippen molar-refractivity contribution in [2.45, 2.75) is 58.6 Å². The maximum atomic E-state index is 11.9. The number of hydrogen-bond acceptors (Lipinski definition) is 4. The average Bonchev–Trinajstić information content (AvgIpc) is 3.07. The first-order chi connectivity index (χ1) is 9.35. The van der Waals surface area contributed by atoms with E-state index in [-0.39, 0.29) is 24.0 Å². The zero-order chi connectivity index (χ0) is 14.8. The van der Waals surface area contributed by atoms with Gasteiger partial charge >= 0.3 is 0 Å². The van der Waals surface area contributed by atoms with Gasteiger partial charge in [0.05, 0.1) is 11.8 Å². The summed E-state index contributed by atoms with van der Waals surface area (Å²) in [4.78, 5) is 11.9. The number of carbonyl (C=O) groups excluding carboxylic acids is 1. The van der Waals surface area contributed by atoms with E-state index in [9.17, 15) is 9.90 Å². The second-order valence-electron chi connectivity index (χ2n) is 6.61. The fourth-order valence-electron chi connectivity index (χ4n) is 2.37. The number of aliphatic hydroxyl groups is 1. The van der Waals surface area contributed by atoms with E-state index in [1.807, 2.05) is 20.0 Å². The maximum absolute atomic E-state index is 11.9. The Kier molecular flexibility index (Phi) is 4.42. The van der Waals surface area contributed by atoms with E-state index in [0.29, 0.717) is 18.9 Å². The highest BCUT2D eigenvalue weighted by Crippen LogP contribution is 2.38. The lowest BCUT2D eigenvalue weighted by Crippen LogP contribution is -2.37. The summed E-state index contributed by atoms with van der Waals surface area (Å²) in [7, 11) is 0. The Balaban J connectivity index is 1.76. The van der Waals surface area contributed by atoms with Crippen LogP contribution in [-0.4, -0.2) is 38.7 Å². The highest BCUT2D eigenvalue weighted by molar-refractivity contribution is 5.75. The number of nitrogens with one attached hydrogen (secondary N) is 1. The van der Waals surface area contributed by atoms with Crippen LogP contribution in [-0.2, 0) is 11.3 Å². The van der Waals surface area contributed by atoms with Crippen LogP contribution < -0.4 is 5.32 Å². The molecule has 1 saturated carbocycles. The van der Waals surface area contributed by atoms with Crippen LogP contribution in [0.2, 0.25) is 0 Å². The number of aromatic nitrogens is 3. The number of rotatable bonds is 7. The predicted molar refractivity (Wildman–Crippen MR) is 75.1 cm³/mol. The lowest BCUT2D eigenvalue weighted by molar-refractivity contribution is -0.122. The summed E-state index contributed by atoms with van der Waals surface area (Å²) in [6.07, 6.45) is 4.51. The first-order valence-corrected chi connectivity index (χ1v) is 7.20. The minimum Gasteiger partial charge on any atom is -0.393 e. The zero-order valence-electron chi connectivity index (χ0n) is 12.5. The second-order valence-corrected chi connectivity index (χ2v) is 6.61. The van der Waals surface area contributed by atoms with E-state index in [0.717, 1.165) is 5.69 Å². The van der Waals surface area contributed by atoms with Gasteiger partial charge in [0, 0.05) is 18.7 Å². The number of amides is 1. The SMILES string of the molecule is CC(O)CC(C)(C)CNC(=O)Cn1cc(C2CC2)nn1. The minimum atomic E-state index is -0.363. The van der Waals surface area contributed by atoms with Crippen molar-refractivity contribution in [1.82, 2.24) is 20.3 Å². The maximum Gasteiger partial charge on any atom is 0.241 e. The Morgan fingerprint density at radius 3 is 2.90 bits per heavy atom. The van der Waals surface area contributed by atoms with Crippen molar-refractivity contribution in [3.05, 3.63) is 11.9 Å². The molecule has 1 aromatic heterocycles. The Labute approximate surface area is 119 Å². The zero-order valence-corrected chi connectivity index (χ0v) is 12.5. The van der Waals surface area contributed by atoms with Crippen LogP contribution in [0.3, 0.4) is 0 Å². The van der Waals surface area contributed by atoms with E-state index < -0.39 is 0 Å². The van der Waals surface area contributed by atoms with E-state index in [1.165, 1.54) is 12.8 Å². The van der Waals surface area contributed by atoms with Crippen molar-refractivity contribution in [3.8, 4) is 0 Å². The molecule has 2 rings (SSSR count). The minimum absolute atomic E-state index is 0.0732. The van der Waals surface area contributed by atoms with E-state index in [1.54, 1.807) is 11.6 Å². The summed E-state index contributed by atoms with van der Waals surface area (Å²) in [5.41, 5.74) is 0.873. The van der Waals surface area contributed by atoms with Gasteiger partial charge in [0.1, 0.15) is 6.54 Å². The molecule has 112 valence electrons. The summed E-state index contributed by atoms with van der Waals surface area (Å²) in [5.74, 6) is 0.479. The first kappa shape index (κ1) is 15.0. The third-order valence-electron chi connectivity index (χ3n) is 3.47. The third-order valence-corrected chi connectivity index (χ3v) is 3.47. The standard InChI is InChI=1S/C14H24N4O2/c1-10(19)6-14(2,3)9-15-13(20)8-18-7-12(16-17-18)11-4-5-11/h7,10-11,19H,4-6,8-9H2,1-3H3,(H,15,20). The largest absolute Gasteiger partial charge is 0.393 e. The molecule has 1 aliphatic rings. The predicted octanol–water partition coefficient (Wildman–Crippen LogP) is 1.07. The van der Waals surface area contributed by atoms with Crippen molar-refractivity contribution < 1.29 is 9.90 Å². The lowest BCUT2D eigenvalue weighted by atomic mass is 9.87. The second kappa shape index (κ2) is 5.91. The van der Waals surface area contributed by atoms with Crippen LogP contribution in [0.4, 0.5) is 0 Å². The van der Waals surface area contributed by atoms with Gasteiger partial charge in [-0.15, -0.1) is 5.10 Å². The van der Waals surface area contributed by atoms with Gasteiger partial charge in [0.2, 0.25) is 5.91 Å². The van der Waals surface area contributed by atoms with Gasteiger partial charge < -0.3 is 10.4 Å². The summed E-state index contributed by atoms with van der Waals surface area (Å²) in [6, 6.07) is 0. The topological polar surface area (TPSA) is 80.0 Å². The molecule has 1 fully saturated rings. The summed E-state index contributed by atoms with van der Waals surface area (Å²) < 4.78 is 1.59. The molecule has 6 heteroatoms. The van der Waals surface area contributed by atoms with Crippen LogP contribution in [0.5, 0.6) is 0 Å². The van der Waals surface area contributed by atoms with Crippen molar-refractivity contribution >= 4 is 5.91 Å². The Hall–Kier alpha value is -1.43. The Morgan fingerprint density at radius 1 is 1.60 bits per heavy atom. The van der Waals surface area contributed by atoms with E-state index in [2.05, 4.69) is 15.6 Å². The normalized spacial score (nSPS) is 17.0. The first-order valence-electron chi connectivity index (χ1n) is 7.20. The molecule has 0 spiro atoms. The molecule has 0 saturated heterocycles. The molecule has 1 amide bonds. The monoisotopic (exact) mass is 280 g/mol. The molecule has 1 atom stereocenters. The molecule has 6 nitrogen and oxygen atoms in total. The molecule has 0 radical (unpaired) electrons. The van der Waals surface area contributed by atoms with E-state index >= 15 is 0 Å². The van der Waals surface area contributed by atoms with E-state index in [4.69, 9.17) is 0 Å².